The lowest BCUT2D eigenvalue weighted by Crippen LogP contribution is -2.14. The van der Waals surface area contributed by atoms with Crippen molar-refractivity contribution < 1.29 is 13.9 Å². The molecule has 20 heavy (non-hydrogen) atoms. The van der Waals surface area contributed by atoms with E-state index in [0.717, 1.165) is 45.5 Å². The summed E-state index contributed by atoms with van der Waals surface area (Å²) in [6, 6.07) is 10.0. The van der Waals surface area contributed by atoms with Crippen LogP contribution in [0, 0.1) is 3.57 Å². The van der Waals surface area contributed by atoms with Crippen molar-refractivity contribution in [3.05, 3.63) is 45.2 Å². The Morgan fingerprint density at radius 2 is 2.10 bits per heavy atom. The van der Waals surface area contributed by atoms with Gasteiger partial charge in [0.25, 0.3) is 0 Å². The predicted molar refractivity (Wildman–Crippen MR) is 84.3 cm³/mol. The number of benzene rings is 1. The van der Waals surface area contributed by atoms with Crippen LogP contribution in [-0.2, 0) is 16.0 Å². The molecule has 0 bridgehead atoms. The van der Waals surface area contributed by atoms with Crippen LogP contribution in [0.3, 0.4) is 0 Å². The van der Waals surface area contributed by atoms with Crippen molar-refractivity contribution in [1.82, 2.24) is 0 Å². The predicted octanol–water partition coefficient (Wildman–Crippen LogP) is 4.49. The second-order valence-electron chi connectivity index (χ2n) is 4.94. The Balaban J connectivity index is 2.05. The molecule has 0 radical (unpaired) electrons. The Labute approximate surface area is 131 Å². The number of carbonyl (C=O) groups excluding carboxylic acids is 1. The first-order valence-electron chi connectivity index (χ1n) is 6.70. The quantitative estimate of drug-likeness (QED) is 0.568. The zero-order valence-electron chi connectivity index (χ0n) is 11.2. The van der Waals surface area contributed by atoms with Crippen molar-refractivity contribution in [2.24, 2.45) is 0 Å². The van der Waals surface area contributed by atoms with Crippen LogP contribution in [0.2, 0.25) is 0 Å². The summed E-state index contributed by atoms with van der Waals surface area (Å²) >= 11 is 2.30. The molecule has 0 aliphatic heterocycles. The van der Waals surface area contributed by atoms with Crippen LogP contribution >= 0.6 is 22.6 Å². The lowest BCUT2D eigenvalue weighted by Gasteiger charge is -2.21. The molecule has 104 valence electrons. The highest BCUT2D eigenvalue weighted by Crippen LogP contribution is 2.42. The highest BCUT2D eigenvalue weighted by Gasteiger charge is 2.31. The average molecular weight is 382 g/mol. The topological polar surface area (TPSA) is 39.4 Å². The van der Waals surface area contributed by atoms with Gasteiger partial charge in [0.2, 0.25) is 0 Å². The molecular formula is C16H15IO3. The molecule has 1 aromatic carbocycles. The van der Waals surface area contributed by atoms with Gasteiger partial charge < -0.3 is 9.15 Å². The van der Waals surface area contributed by atoms with Gasteiger partial charge >= 0.3 is 5.97 Å². The van der Waals surface area contributed by atoms with Gasteiger partial charge in [-0.2, -0.15) is 0 Å². The smallest absolute Gasteiger partial charge is 0.303 e. The first kappa shape index (κ1) is 13.7. The number of fused-ring (bicyclic) bond motifs is 1. The van der Waals surface area contributed by atoms with Crippen LogP contribution in [0.1, 0.15) is 37.2 Å². The summed E-state index contributed by atoms with van der Waals surface area (Å²) in [4.78, 5) is 11.3. The van der Waals surface area contributed by atoms with E-state index in [1.54, 1.807) is 0 Å². The zero-order valence-corrected chi connectivity index (χ0v) is 13.3. The number of carbonyl (C=O) groups is 1. The molecule has 0 amide bonds. The Hall–Kier alpha value is -1.30. The third kappa shape index (κ3) is 2.49. The van der Waals surface area contributed by atoms with Gasteiger partial charge in [0.15, 0.2) is 0 Å². The van der Waals surface area contributed by atoms with Crippen LogP contribution in [0.5, 0.6) is 0 Å². The van der Waals surface area contributed by atoms with E-state index in [-0.39, 0.29) is 12.1 Å². The monoisotopic (exact) mass is 382 g/mol. The number of esters is 1. The van der Waals surface area contributed by atoms with Gasteiger partial charge in [-0.3, -0.25) is 4.79 Å². The molecule has 1 unspecified atom stereocenters. The van der Waals surface area contributed by atoms with Crippen molar-refractivity contribution in [2.45, 2.75) is 32.3 Å². The molecule has 4 heteroatoms. The summed E-state index contributed by atoms with van der Waals surface area (Å²) in [5.41, 5.74) is 2.12. The fourth-order valence-corrected chi connectivity index (χ4v) is 3.73. The molecule has 1 heterocycles. The van der Waals surface area contributed by atoms with E-state index < -0.39 is 0 Å². The fourth-order valence-electron chi connectivity index (χ4n) is 2.66. The highest BCUT2D eigenvalue weighted by atomic mass is 127. The molecule has 0 spiro atoms. The molecule has 1 aliphatic carbocycles. The molecule has 1 aromatic heterocycles. The van der Waals surface area contributed by atoms with E-state index in [9.17, 15) is 4.79 Å². The molecule has 0 saturated heterocycles. The number of halogens is 1. The molecule has 3 rings (SSSR count). The first-order valence-corrected chi connectivity index (χ1v) is 7.78. The minimum absolute atomic E-state index is 0.163. The van der Waals surface area contributed by atoms with Crippen LogP contribution < -0.4 is 0 Å². The third-order valence-corrected chi connectivity index (χ3v) is 4.57. The molecule has 1 aliphatic rings. The molecule has 1 atom stereocenters. The molecular weight excluding hydrogens is 367 g/mol. The number of aryl methyl sites for hydroxylation is 1. The Bertz CT molecular complexity index is 631. The maximum atomic E-state index is 11.3. The van der Waals surface area contributed by atoms with Gasteiger partial charge in [-0.15, -0.1) is 0 Å². The minimum Gasteiger partial charge on any atom is -0.459 e. The number of furan rings is 1. The number of ether oxygens (including phenoxy) is 1. The number of rotatable bonds is 2. The highest BCUT2D eigenvalue weighted by molar-refractivity contribution is 14.1. The summed E-state index contributed by atoms with van der Waals surface area (Å²) < 4.78 is 12.5. The van der Waals surface area contributed by atoms with E-state index in [1.807, 2.05) is 30.3 Å². The van der Waals surface area contributed by atoms with Crippen molar-refractivity contribution in [3.8, 4) is 11.3 Å². The van der Waals surface area contributed by atoms with Crippen LogP contribution in [-0.4, -0.2) is 5.97 Å². The molecule has 2 aromatic rings. The van der Waals surface area contributed by atoms with Crippen molar-refractivity contribution in [1.29, 1.82) is 0 Å². The molecule has 0 N–H and O–H groups in total. The lowest BCUT2D eigenvalue weighted by atomic mass is 9.95. The Kier molecular flexibility index (Phi) is 3.83. The minimum atomic E-state index is -0.235. The second kappa shape index (κ2) is 5.60. The van der Waals surface area contributed by atoms with Crippen molar-refractivity contribution in [3.63, 3.8) is 0 Å². The van der Waals surface area contributed by atoms with Gasteiger partial charge in [-0.1, -0.05) is 30.3 Å². The molecule has 0 saturated carbocycles. The maximum Gasteiger partial charge on any atom is 0.303 e. The number of hydrogen-bond donors (Lipinski definition) is 0. The van der Waals surface area contributed by atoms with Crippen LogP contribution in [0.4, 0.5) is 0 Å². The molecule has 3 nitrogen and oxygen atoms in total. The van der Waals surface area contributed by atoms with E-state index in [4.69, 9.17) is 9.15 Å². The standard InChI is InChI=1S/C16H15IO3/c1-10(18)19-12-8-5-9-13-14(12)15(17)16(20-13)11-6-3-2-4-7-11/h2-4,6-7,12H,5,8-9H2,1H3. The zero-order chi connectivity index (χ0) is 14.1. The van der Waals surface area contributed by atoms with Crippen LogP contribution in [0.15, 0.2) is 34.7 Å². The summed E-state index contributed by atoms with van der Waals surface area (Å²) in [7, 11) is 0. The molecule has 0 fully saturated rings. The first-order chi connectivity index (χ1) is 9.66. The SMILES string of the molecule is CC(=O)OC1CCCc2oc(-c3ccccc3)c(I)c21. The van der Waals surface area contributed by atoms with Gasteiger partial charge in [0.1, 0.15) is 17.6 Å². The Morgan fingerprint density at radius 3 is 2.80 bits per heavy atom. The average Bonchev–Trinajstić information content (AvgIpc) is 2.78. The van der Waals surface area contributed by atoms with Gasteiger partial charge in [0.05, 0.1) is 3.57 Å². The second-order valence-corrected chi connectivity index (χ2v) is 6.02. The third-order valence-electron chi connectivity index (χ3n) is 3.50. The van der Waals surface area contributed by atoms with Crippen molar-refractivity contribution in [2.75, 3.05) is 0 Å². The summed E-state index contributed by atoms with van der Waals surface area (Å²) in [5.74, 6) is 1.61. The van der Waals surface area contributed by atoms with E-state index in [1.165, 1.54) is 6.92 Å². The lowest BCUT2D eigenvalue weighted by molar-refractivity contribution is -0.147. The fraction of sp³-hybridized carbons (Fsp3) is 0.312. The van der Waals surface area contributed by atoms with E-state index >= 15 is 0 Å². The van der Waals surface area contributed by atoms with Crippen molar-refractivity contribution >= 4 is 28.6 Å². The summed E-state index contributed by atoms with van der Waals surface area (Å²) in [6.07, 6.45) is 2.61. The normalized spacial score (nSPS) is 17.6. The summed E-state index contributed by atoms with van der Waals surface area (Å²) in [6.45, 7) is 1.46. The van der Waals surface area contributed by atoms with Crippen LogP contribution in [0.25, 0.3) is 11.3 Å². The maximum absolute atomic E-state index is 11.3. The van der Waals surface area contributed by atoms with Gasteiger partial charge in [0, 0.05) is 24.5 Å². The summed E-state index contributed by atoms with van der Waals surface area (Å²) in [5, 5.41) is 0. The van der Waals surface area contributed by atoms with E-state index in [0.29, 0.717) is 0 Å². The van der Waals surface area contributed by atoms with Gasteiger partial charge in [-0.05, 0) is 35.4 Å². The largest absolute Gasteiger partial charge is 0.459 e. The van der Waals surface area contributed by atoms with E-state index in [2.05, 4.69) is 22.6 Å². The number of hydrogen-bond acceptors (Lipinski definition) is 3. The van der Waals surface area contributed by atoms with Gasteiger partial charge in [-0.25, -0.2) is 0 Å². The Morgan fingerprint density at radius 1 is 1.35 bits per heavy atom.